The van der Waals surface area contributed by atoms with Crippen molar-refractivity contribution in [2.75, 3.05) is 20.2 Å². The van der Waals surface area contributed by atoms with E-state index in [0.717, 1.165) is 25.7 Å². The Kier molecular flexibility index (Phi) is 10.1. The molecule has 142 valence electrons. The van der Waals surface area contributed by atoms with E-state index in [1.165, 1.54) is 7.11 Å². The fraction of sp³-hybridized carbons (Fsp3) is 0.524. The van der Waals surface area contributed by atoms with E-state index >= 15 is 0 Å². The molecule has 1 unspecified atom stereocenters. The summed E-state index contributed by atoms with van der Waals surface area (Å²) in [7, 11) is 1.35. The number of amides is 1. The van der Waals surface area contributed by atoms with E-state index in [1.807, 2.05) is 11.0 Å². The molecule has 0 aliphatic carbocycles. The van der Waals surface area contributed by atoms with Gasteiger partial charge in [0.05, 0.1) is 18.8 Å². The van der Waals surface area contributed by atoms with Crippen LogP contribution >= 0.6 is 0 Å². The molecule has 0 spiro atoms. The normalized spacial score (nSPS) is 11.2. The van der Waals surface area contributed by atoms with E-state index < -0.39 is 5.97 Å². The van der Waals surface area contributed by atoms with Gasteiger partial charge < -0.3 is 14.7 Å². The molecule has 1 atom stereocenters. The van der Waals surface area contributed by atoms with Gasteiger partial charge >= 0.3 is 5.97 Å². The second kappa shape index (κ2) is 12.1. The van der Waals surface area contributed by atoms with Gasteiger partial charge in [-0.3, -0.25) is 4.79 Å². The fourth-order valence-electron chi connectivity index (χ4n) is 2.57. The molecule has 0 radical (unpaired) electrons. The number of carbonyl (C=O) groups is 2. The molecule has 1 N–H and O–H groups in total. The summed E-state index contributed by atoms with van der Waals surface area (Å²) in [5.41, 5.74) is 1.12. The lowest BCUT2D eigenvalue weighted by atomic mass is 10.1. The Hall–Kier alpha value is -2.32. The molecular weight excluding hydrogens is 330 g/mol. The van der Waals surface area contributed by atoms with Gasteiger partial charge in [0.25, 0.3) is 0 Å². The molecule has 0 saturated heterocycles. The van der Waals surface area contributed by atoms with Crippen molar-refractivity contribution in [3.8, 4) is 11.8 Å². The smallest absolute Gasteiger partial charge is 0.339 e. The first-order valence-corrected chi connectivity index (χ1v) is 9.05. The average Bonchev–Trinajstić information content (AvgIpc) is 2.62. The standard InChI is InChI=1S/C21H29NO4/c1-17(23)11-8-10-16-22(18(2)24)15-9-4-5-12-19-13-6-7-14-20(19)21(25)26-3/h6-7,13-14,17,23H,4,8-11,15-16H2,1-3H3. The Balaban J connectivity index is 2.46. The number of hydrogen-bond donors (Lipinski definition) is 1. The fourth-order valence-corrected chi connectivity index (χ4v) is 2.57. The molecule has 26 heavy (non-hydrogen) atoms. The molecule has 0 fully saturated rings. The number of esters is 1. The molecule has 0 aliphatic rings. The van der Waals surface area contributed by atoms with Crippen LogP contribution in [-0.4, -0.2) is 48.2 Å². The second-order valence-corrected chi connectivity index (χ2v) is 6.29. The van der Waals surface area contributed by atoms with Crippen molar-refractivity contribution in [1.82, 2.24) is 4.90 Å². The third-order valence-electron chi connectivity index (χ3n) is 4.03. The van der Waals surface area contributed by atoms with Gasteiger partial charge in [-0.05, 0) is 44.7 Å². The molecule has 1 aromatic rings. The molecule has 5 nitrogen and oxygen atoms in total. The SMILES string of the molecule is COC(=O)c1ccccc1C#CCCCN(CCCCC(C)O)C(C)=O. The quantitative estimate of drug-likeness (QED) is 0.418. The van der Waals surface area contributed by atoms with E-state index in [-0.39, 0.29) is 12.0 Å². The maximum atomic E-state index is 11.7. The summed E-state index contributed by atoms with van der Waals surface area (Å²) < 4.78 is 4.76. The van der Waals surface area contributed by atoms with E-state index in [0.29, 0.717) is 30.6 Å². The molecule has 0 bridgehead atoms. The average molecular weight is 359 g/mol. The Morgan fingerprint density at radius 1 is 1.19 bits per heavy atom. The molecule has 1 rings (SSSR count). The number of hydrogen-bond acceptors (Lipinski definition) is 4. The minimum atomic E-state index is -0.394. The number of benzene rings is 1. The molecule has 0 aliphatic heterocycles. The van der Waals surface area contributed by atoms with Crippen LogP contribution in [0.2, 0.25) is 0 Å². The highest BCUT2D eigenvalue weighted by atomic mass is 16.5. The van der Waals surface area contributed by atoms with Crippen LogP contribution in [0.25, 0.3) is 0 Å². The van der Waals surface area contributed by atoms with E-state index in [4.69, 9.17) is 4.74 Å². The number of rotatable bonds is 9. The molecule has 5 heteroatoms. The second-order valence-electron chi connectivity index (χ2n) is 6.29. The highest BCUT2D eigenvalue weighted by Gasteiger charge is 2.09. The third kappa shape index (κ3) is 8.17. The van der Waals surface area contributed by atoms with E-state index in [1.54, 1.807) is 32.0 Å². The first-order valence-electron chi connectivity index (χ1n) is 9.05. The van der Waals surface area contributed by atoms with E-state index in [2.05, 4.69) is 11.8 Å². The number of aliphatic hydroxyl groups is 1. The number of carbonyl (C=O) groups excluding carboxylic acids is 2. The maximum Gasteiger partial charge on any atom is 0.339 e. The Labute approximate surface area is 156 Å². The van der Waals surface area contributed by atoms with Gasteiger partial charge in [0.2, 0.25) is 5.91 Å². The zero-order chi connectivity index (χ0) is 19.4. The summed E-state index contributed by atoms with van der Waals surface area (Å²) in [4.78, 5) is 25.2. The summed E-state index contributed by atoms with van der Waals surface area (Å²) in [6.07, 6.45) is 3.70. The Morgan fingerprint density at radius 3 is 2.54 bits per heavy atom. The first kappa shape index (κ1) is 21.7. The Bertz CT molecular complexity index is 643. The molecule has 1 amide bonds. The largest absolute Gasteiger partial charge is 0.465 e. The van der Waals surface area contributed by atoms with Gasteiger partial charge in [-0.25, -0.2) is 4.79 Å². The predicted octanol–water partition coefficient (Wildman–Crippen LogP) is 3.00. The molecular formula is C21H29NO4. The van der Waals surface area contributed by atoms with Gasteiger partial charge in [0, 0.05) is 32.0 Å². The van der Waals surface area contributed by atoms with Crippen LogP contribution in [0, 0.1) is 11.8 Å². The van der Waals surface area contributed by atoms with Crippen molar-refractivity contribution < 1.29 is 19.4 Å². The third-order valence-corrected chi connectivity index (χ3v) is 4.03. The number of unbranched alkanes of at least 4 members (excludes halogenated alkanes) is 2. The van der Waals surface area contributed by atoms with E-state index in [9.17, 15) is 14.7 Å². The maximum absolute atomic E-state index is 11.7. The predicted molar refractivity (Wildman–Crippen MR) is 102 cm³/mol. The van der Waals surface area contributed by atoms with Crippen LogP contribution in [0.4, 0.5) is 0 Å². The minimum absolute atomic E-state index is 0.0612. The summed E-state index contributed by atoms with van der Waals surface area (Å²) in [6.45, 7) is 4.73. The van der Waals surface area contributed by atoms with Gasteiger partial charge in [0.15, 0.2) is 0 Å². The van der Waals surface area contributed by atoms with Crippen LogP contribution in [0.5, 0.6) is 0 Å². The van der Waals surface area contributed by atoms with Crippen LogP contribution in [0.1, 0.15) is 61.9 Å². The molecule has 0 aromatic heterocycles. The number of methoxy groups -OCH3 is 1. The van der Waals surface area contributed by atoms with Crippen molar-refractivity contribution in [2.45, 2.75) is 52.1 Å². The highest BCUT2D eigenvalue weighted by Crippen LogP contribution is 2.09. The molecule has 0 heterocycles. The lowest BCUT2D eigenvalue weighted by Gasteiger charge is -2.20. The number of ether oxygens (including phenoxy) is 1. The zero-order valence-electron chi connectivity index (χ0n) is 16.0. The summed E-state index contributed by atoms with van der Waals surface area (Å²) in [5.74, 6) is 5.75. The lowest BCUT2D eigenvalue weighted by Crippen LogP contribution is -2.30. The van der Waals surface area contributed by atoms with Crippen molar-refractivity contribution in [3.05, 3.63) is 35.4 Å². The minimum Gasteiger partial charge on any atom is -0.465 e. The van der Waals surface area contributed by atoms with Gasteiger partial charge in [0.1, 0.15) is 0 Å². The van der Waals surface area contributed by atoms with Gasteiger partial charge in [-0.15, -0.1) is 0 Å². The van der Waals surface area contributed by atoms with Crippen molar-refractivity contribution in [2.24, 2.45) is 0 Å². The van der Waals surface area contributed by atoms with Crippen LogP contribution < -0.4 is 0 Å². The molecule has 0 saturated carbocycles. The van der Waals surface area contributed by atoms with Crippen LogP contribution in [0.15, 0.2) is 24.3 Å². The Morgan fingerprint density at radius 2 is 1.88 bits per heavy atom. The highest BCUT2D eigenvalue weighted by molar-refractivity contribution is 5.92. The summed E-state index contributed by atoms with van der Waals surface area (Å²) >= 11 is 0. The van der Waals surface area contributed by atoms with Crippen molar-refractivity contribution in [3.63, 3.8) is 0 Å². The monoisotopic (exact) mass is 359 g/mol. The molecule has 1 aromatic carbocycles. The van der Waals surface area contributed by atoms with Crippen LogP contribution in [-0.2, 0) is 9.53 Å². The van der Waals surface area contributed by atoms with Gasteiger partial charge in [-0.2, -0.15) is 0 Å². The van der Waals surface area contributed by atoms with Gasteiger partial charge in [-0.1, -0.05) is 24.0 Å². The summed E-state index contributed by atoms with van der Waals surface area (Å²) in [5, 5.41) is 9.27. The number of aliphatic hydroxyl groups excluding tert-OH is 1. The topological polar surface area (TPSA) is 66.8 Å². The van der Waals surface area contributed by atoms with Crippen molar-refractivity contribution >= 4 is 11.9 Å². The first-order chi connectivity index (χ1) is 12.5. The van der Waals surface area contributed by atoms with Crippen LogP contribution in [0.3, 0.4) is 0 Å². The lowest BCUT2D eigenvalue weighted by molar-refractivity contribution is -0.129. The number of nitrogens with zero attached hydrogens (tertiary/aromatic N) is 1. The van der Waals surface area contributed by atoms with Crippen molar-refractivity contribution in [1.29, 1.82) is 0 Å². The summed E-state index contributed by atoms with van der Waals surface area (Å²) in [6, 6.07) is 7.10. The zero-order valence-corrected chi connectivity index (χ0v) is 16.0.